The minimum atomic E-state index is 0. The lowest BCUT2D eigenvalue weighted by atomic mass is 9.82. The van der Waals surface area contributed by atoms with Crippen LogP contribution >= 0.6 is 24.0 Å². The molecule has 2 atom stereocenters. The molecule has 1 aromatic carbocycles. The number of amides is 1. The monoisotopic (exact) mass is 470 g/mol. The summed E-state index contributed by atoms with van der Waals surface area (Å²) in [7, 11) is 3.50. The molecule has 0 saturated carbocycles. The fourth-order valence-corrected chi connectivity index (χ4v) is 3.25. The number of piperidine rings is 1. The number of hydrogen-bond donors (Lipinski definition) is 1. The van der Waals surface area contributed by atoms with Crippen LogP contribution in [-0.2, 0) is 4.79 Å². The van der Waals surface area contributed by atoms with E-state index >= 15 is 0 Å². The highest BCUT2D eigenvalue weighted by atomic mass is 127. The molecule has 1 amide bonds. The number of carbonyl (C=O) groups is 1. The lowest BCUT2D eigenvalue weighted by molar-refractivity contribution is -0.127. The van der Waals surface area contributed by atoms with Gasteiger partial charge in [-0.15, -0.1) is 30.6 Å². The summed E-state index contributed by atoms with van der Waals surface area (Å²) in [6.45, 7) is 8.72. The summed E-state index contributed by atoms with van der Waals surface area (Å²) in [4.78, 5) is 20.2. The third-order valence-corrected chi connectivity index (χ3v) is 4.70. The zero-order valence-corrected chi connectivity index (χ0v) is 18.3. The number of benzene rings is 1. The standard InChI is InChI=1S/C20H30N4O.HI/c1-5-12-21-20(22-14-19(25)23(3)4)24-13-11-18(16(2)15-24)17-9-7-6-8-10-17;/h5-10,16,18H,1,11-15H2,2-4H3,(H,21,22);1H. The van der Waals surface area contributed by atoms with Gasteiger partial charge in [0, 0.05) is 33.7 Å². The van der Waals surface area contributed by atoms with E-state index in [1.807, 2.05) is 6.08 Å². The van der Waals surface area contributed by atoms with Gasteiger partial charge in [0.2, 0.25) is 5.91 Å². The molecule has 2 unspecified atom stereocenters. The molecule has 1 aromatic rings. The lowest BCUT2D eigenvalue weighted by Gasteiger charge is -2.39. The molecule has 1 N–H and O–H groups in total. The summed E-state index contributed by atoms with van der Waals surface area (Å²) in [5.41, 5.74) is 1.41. The maximum atomic E-state index is 11.9. The average Bonchev–Trinajstić information content (AvgIpc) is 2.62. The van der Waals surface area contributed by atoms with Crippen molar-refractivity contribution < 1.29 is 4.79 Å². The Hall–Kier alpha value is -1.57. The van der Waals surface area contributed by atoms with Crippen molar-refractivity contribution in [3.8, 4) is 0 Å². The van der Waals surface area contributed by atoms with Crippen molar-refractivity contribution in [1.29, 1.82) is 0 Å². The first-order chi connectivity index (χ1) is 12.0. The molecular weight excluding hydrogens is 439 g/mol. The number of hydrogen-bond acceptors (Lipinski definition) is 2. The molecule has 26 heavy (non-hydrogen) atoms. The van der Waals surface area contributed by atoms with Crippen molar-refractivity contribution in [2.75, 3.05) is 40.3 Å². The van der Waals surface area contributed by atoms with E-state index in [0.29, 0.717) is 18.4 Å². The Morgan fingerprint density at radius 2 is 2.08 bits per heavy atom. The zero-order valence-electron chi connectivity index (χ0n) is 16.0. The van der Waals surface area contributed by atoms with Gasteiger partial charge in [-0.3, -0.25) is 4.79 Å². The van der Waals surface area contributed by atoms with Crippen LogP contribution in [0, 0.1) is 5.92 Å². The number of aliphatic imine (C=N–C) groups is 1. The molecule has 6 heteroatoms. The predicted molar refractivity (Wildman–Crippen MR) is 119 cm³/mol. The quantitative estimate of drug-likeness (QED) is 0.312. The van der Waals surface area contributed by atoms with E-state index in [4.69, 9.17) is 0 Å². The van der Waals surface area contributed by atoms with Gasteiger partial charge in [-0.2, -0.15) is 0 Å². The van der Waals surface area contributed by atoms with E-state index < -0.39 is 0 Å². The van der Waals surface area contributed by atoms with Crippen molar-refractivity contribution >= 4 is 35.8 Å². The summed E-state index contributed by atoms with van der Waals surface area (Å²) in [6.07, 6.45) is 2.89. The van der Waals surface area contributed by atoms with Gasteiger partial charge in [0.15, 0.2) is 5.96 Å². The van der Waals surface area contributed by atoms with Crippen molar-refractivity contribution in [2.45, 2.75) is 19.3 Å². The topological polar surface area (TPSA) is 47.9 Å². The predicted octanol–water partition coefficient (Wildman–Crippen LogP) is 2.95. The number of likely N-dealkylation sites (tertiary alicyclic amines) is 1. The fourth-order valence-electron chi connectivity index (χ4n) is 3.25. The first kappa shape index (κ1) is 22.5. The molecule has 1 aliphatic heterocycles. The fraction of sp³-hybridized carbons (Fsp3) is 0.500. The molecule has 0 spiro atoms. The summed E-state index contributed by atoms with van der Waals surface area (Å²) in [5, 5.41) is 3.30. The second kappa shape index (κ2) is 11.2. The summed E-state index contributed by atoms with van der Waals surface area (Å²) >= 11 is 0. The summed E-state index contributed by atoms with van der Waals surface area (Å²) < 4.78 is 0. The van der Waals surface area contributed by atoms with Gasteiger partial charge in [-0.1, -0.05) is 43.3 Å². The van der Waals surface area contributed by atoms with Crippen LogP contribution in [0.25, 0.3) is 0 Å². The molecule has 1 aliphatic rings. The molecule has 0 bridgehead atoms. The Bertz CT molecular complexity index is 603. The van der Waals surface area contributed by atoms with Crippen LogP contribution in [0.2, 0.25) is 0 Å². The largest absolute Gasteiger partial charge is 0.353 e. The molecule has 0 radical (unpaired) electrons. The highest BCUT2D eigenvalue weighted by molar-refractivity contribution is 14.0. The maximum Gasteiger partial charge on any atom is 0.243 e. The van der Waals surface area contributed by atoms with Crippen LogP contribution in [0.4, 0.5) is 0 Å². The van der Waals surface area contributed by atoms with Gasteiger partial charge >= 0.3 is 0 Å². The Labute approximate surface area is 174 Å². The Kier molecular flexibility index (Phi) is 9.69. The zero-order chi connectivity index (χ0) is 18.2. The lowest BCUT2D eigenvalue weighted by Crippen LogP contribution is -2.48. The van der Waals surface area contributed by atoms with Gasteiger partial charge < -0.3 is 15.1 Å². The molecule has 1 saturated heterocycles. The van der Waals surface area contributed by atoms with Gasteiger partial charge in [0.25, 0.3) is 0 Å². The number of halogens is 1. The molecule has 1 fully saturated rings. The molecule has 5 nitrogen and oxygen atoms in total. The van der Waals surface area contributed by atoms with Crippen LogP contribution in [0.3, 0.4) is 0 Å². The Morgan fingerprint density at radius 1 is 1.38 bits per heavy atom. The van der Waals surface area contributed by atoms with Crippen LogP contribution in [0.5, 0.6) is 0 Å². The first-order valence-electron chi connectivity index (χ1n) is 8.92. The number of guanidine groups is 1. The number of nitrogens with zero attached hydrogens (tertiary/aromatic N) is 3. The Morgan fingerprint density at radius 3 is 2.65 bits per heavy atom. The highest BCUT2D eigenvalue weighted by Crippen LogP contribution is 2.32. The third kappa shape index (κ3) is 6.30. The first-order valence-corrected chi connectivity index (χ1v) is 8.92. The van der Waals surface area contributed by atoms with Crippen molar-refractivity contribution in [1.82, 2.24) is 15.1 Å². The van der Waals surface area contributed by atoms with Crippen molar-refractivity contribution in [2.24, 2.45) is 10.9 Å². The number of rotatable bonds is 5. The molecule has 144 valence electrons. The highest BCUT2D eigenvalue weighted by Gasteiger charge is 2.28. The number of likely N-dealkylation sites (N-methyl/N-ethyl adjacent to an activating group) is 1. The van der Waals surface area contributed by atoms with Gasteiger partial charge in [-0.25, -0.2) is 4.99 Å². The van der Waals surface area contributed by atoms with Gasteiger partial charge in [0.05, 0.1) is 0 Å². The average molecular weight is 470 g/mol. The SMILES string of the molecule is C=CCNC(=NCC(=O)N(C)C)N1CCC(c2ccccc2)C(C)C1.I. The molecule has 1 heterocycles. The van der Waals surface area contributed by atoms with E-state index in [2.05, 4.69) is 59.0 Å². The van der Waals surface area contributed by atoms with Crippen LogP contribution < -0.4 is 5.32 Å². The van der Waals surface area contributed by atoms with Crippen molar-refractivity contribution in [3.05, 3.63) is 48.6 Å². The van der Waals surface area contributed by atoms with E-state index in [9.17, 15) is 4.79 Å². The minimum absolute atomic E-state index is 0. The smallest absolute Gasteiger partial charge is 0.243 e. The number of carbonyl (C=O) groups excluding carboxylic acids is 1. The van der Waals surface area contributed by atoms with Crippen LogP contribution in [0.1, 0.15) is 24.8 Å². The molecule has 0 aliphatic carbocycles. The minimum Gasteiger partial charge on any atom is -0.353 e. The molecule has 2 rings (SSSR count). The van der Waals surface area contributed by atoms with Gasteiger partial charge in [0.1, 0.15) is 6.54 Å². The second-order valence-electron chi connectivity index (χ2n) is 6.83. The van der Waals surface area contributed by atoms with E-state index in [0.717, 1.165) is 25.5 Å². The van der Waals surface area contributed by atoms with Crippen LogP contribution in [0.15, 0.2) is 48.0 Å². The molecular formula is C20H31IN4O. The maximum absolute atomic E-state index is 11.9. The van der Waals surface area contributed by atoms with E-state index in [1.165, 1.54) is 5.56 Å². The van der Waals surface area contributed by atoms with E-state index in [1.54, 1.807) is 19.0 Å². The summed E-state index contributed by atoms with van der Waals surface area (Å²) in [6, 6.07) is 10.7. The second-order valence-corrected chi connectivity index (χ2v) is 6.83. The summed E-state index contributed by atoms with van der Waals surface area (Å²) in [5.74, 6) is 1.90. The van der Waals surface area contributed by atoms with Crippen LogP contribution in [-0.4, -0.2) is 61.9 Å². The normalized spacial score (nSPS) is 20.1. The van der Waals surface area contributed by atoms with E-state index in [-0.39, 0.29) is 36.4 Å². The number of nitrogens with one attached hydrogen (secondary N) is 1. The van der Waals surface area contributed by atoms with Crippen molar-refractivity contribution in [3.63, 3.8) is 0 Å². The third-order valence-electron chi connectivity index (χ3n) is 4.70. The van der Waals surface area contributed by atoms with Gasteiger partial charge in [-0.05, 0) is 23.8 Å². The Balaban J connectivity index is 0.00000338. The molecule has 0 aromatic heterocycles.